The van der Waals surface area contributed by atoms with Crippen LogP contribution in [0.1, 0.15) is 49.7 Å². The van der Waals surface area contributed by atoms with Crippen molar-refractivity contribution in [2.45, 2.75) is 55.4 Å². The van der Waals surface area contributed by atoms with Crippen LogP contribution in [0.3, 0.4) is 0 Å². The highest BCUT2D eigenvalue weighted by Gasteiger charge is 2.55. The van der Waals surface area contributed by atoms with Crippen molar-refractivity contribution in [2.24, 2.45) is 5.92 Å². The molecule has 2 saturated carbocycles. The number of anilines is 1. The van der Waals surface area contributed by atoms with Crippen LogP contribution in [-0.4, -0.2) is 45.4 Å². The number of carbonyl (C=O) groups is 1. The normalized spacial score (nSPS) is 28.0. The molecule has 34 heavy (non-hydrogen) atoms. The molecule has 1 aliphatic heterocycles. The Bertz CT molecular complexity index is 1080. The summed E-state index contributed by atoms with van der Waals surface area (Å²) in [4.78, 5) is 17.2. The Morgan fingerprint density at radius 3 is 2.41 bits per heavy atom. The van der Waals surface area contributed by atoms with Crippen LogP contribution < -0.4 is 10.2 Å². The van der Waals surface area contributed by atoms with Gasteiger partial charge in [0, 0.05) is 17.8 Å². The number of nitrogens with zero attached hydrogens (tertiary/aromatic N) is 2. The van der Waals surface area contributed by atoms with Crippen LogP contribution in [-0.2, 0) is 22.4 Å². The van der Waals surface area contributed by atoms with Crippen molar-refractivity contribution >= 4 is 22.8 Å². The number of amides is 2. The number of halogens is 1. The van der Waals surface area contributed by atoms with Crippen LogP contribution in [0.25, 0.3) is 0 Å². The van der Waals surface area contributed by atoms with Crippen LogP contribution in [0.2, 0.25) is 0 Å². The van der Waals surface area contributed by atoms with Crippen molar-refractivity contribution in [3.63, 3.8) is 0 Å². The molecule has 0 bridgehead atoms. The van der Waals surface area contributed by atoms with Gasteiger partial charge in [0.1, 0.15) is 5.82 Å². The molecule has 0 aromatic heterocycles. The number of nitrogens with one attached hydrogen (secondary N) is 1. The van der Waals surface area contributed by atoms with Crippen LogP contribution in [0.5, 0.6) is 0 Å². The topological polar surface area (TPSA) is 75.7 Å². The smallest absolute Gasteiger partial charge is 0.325 e. The highest BCUT2D eigenvalue weighted by Crippen LogP contribution is 2.49. The van der Waals surface area contributed by atoms with E-state index < -0.39 is 16.9 Å². The fourth-order valence-corrected chi connectivity index (χ4v) is 6.27. The zero-order valence-electron chi connectivity index (χ0n) is 19.5. The van der Waals surface area contributed by atoms with Crippen LogP contribution in [0, 0.1) is 11.7 Å². The molecule has 6 nitrogen and oxygen atoms in total. The summed E-state index contributed by atoms with van der Waals surface area (Å²) in [5.74, 6) is -0.261. The van der Waals surface area contributed by atoms with E-state index in [4.69, 9.17) is 0 Å². The highest BCUT2D eigenvalue weighted by atomic mass is 32.2. The van der Waals surface area contributed by atoms with Gasteiger partial charge in [0.2, 0.25) is 0 Å². The van der Waals surface area contributed by atoms with E-state index in [0.717, 1.165) is 45.1 Å². The summed E-state index contributed by atoms with van der Waals surface area (Å²) in [6.45, 7) is 1.18. The SMILES string of the molecule is CNC1(c2ccccc2)CCC2(CC1)CN(c1ccc(CS(=O)[O-])cc1F)C(=O)N2CC1CC1. The molecule has 3 fully saturated rings. The third-order valence-electron chi connectivity index (χ3n) is 8.05. The lowest BCUT2D eigenvalue weighted by atomic mass is 9.69. The molecule has 1 heterocycles. The van der Waals surface area contributed by atoms with Crippen molar-refractivity contribution in [2.75, 3.05) is 25.0 Å². The fourth-order valence-electron chi connectivity index (χ4n) is 5.82. The average molecular weight is 485 g/mol. The van der Waals surface area contributed by atoms with E-state index in [9.17, 15) is 13.6 Å². The Labute approximate surface area is 202 Å². The molecule has 2 amide bonds. The molecule has 8 heteroatoms. The van der Waals surface area contributed by atoms with Crippen molar-refractivity contribution in [3.8, 4) is 0 Å². The molecule has 1 saturated heterocycles. The molecule has 1 N–H and O–H groups in total. The Hall–Kier alpha value is -2.29. The predicted molar refractivity (Wildman–Crippen MR) is 130 cm³/mol. The fraction of sp³-hybridized carbons (Fsp3) is 0.500. The van der Waals surface area contributed by atoms with Gasteiger partial charge in [-0.25, -0.2) is 9.18 Å². The maximum atomic E-state index is 15.1. The number of benzene rings is 2. The summed E-state index contributed by atoms with van der Waals surface area (Å²) >= 11 is -2.29. The molecular formula is C26H31FN3O3S-. The summed E-state index contributed by atoms with van der Waals surface area (Å²) in [7, 11) is 2.00. The molecule has 182 valence electrons. The second-order valence-electron chi connectivity index (χ2n) is 10.1. The minimum absolute atomic E-state index is 0.130. The lowest BCUT2D eigenvalue weighted by Crippen LogP contribution is -2.55. The summed E-state index contributed by atoms with van der Waals surface area (Å²) in [6.07, 6.45) is 5.75. The van der Waals surface area contributed by atoms with Crippen LogP contribution in [0.15, 0.2) is 48.5 Å². The summed E-state index contributed by atoms with van der Waals surface area (Å²) in [5.41, 5.74) is 1.42. The maximum Gasteiger partial charge on any atom is 0.325 e. The second-order valence-corrected chi connectivity index (χ2v) is 11.0. The molecule has 2 aromatic rings. The minimum atomic E-state index is -2.29. The zero-order chi connectivity index (χ0) is 23.9. The summed E-state index contributed by atoms with van der Waals surface area (Å²) < 4.78 is 37.1. The number of hydrogen-bond donors (Lipinski definition) is 1. The highest BCUT2D eigenvalue weighted by molar-refractivity contribution is 7.78. The van der Waals surface area contributed by atoms with Gasteiger partial charge in [-0.1, -0.05) is 47.5 Å². The Morgan fingerprint density at radius 2 is 1.82 bits per heavy atom. The van der Waals surface area contributed by atoms with E-state index in [1.165, 1.54) is 11.6 Å². The first-order valence-electron chi connectivity index (χ1n) is 12.0. The third-order valence-corrected chi connectivity index (χ3v) is 8.62. The van der Waals surface area contributed by atoms with Crippen molar-refractivity contribution in [1.82, 2.24) is 10.2 Å². The van der Waals surface area contributed by atoms with Gasteiger partial charge in [0.25, 0.3) is 0 Å². The van der Waals surface area contributed by atoms with Gasteiger partial charge in [-0.15, -0.1) is 0 Å². The largest absolute Gasteiger partial charge is 0.772 e. The molecule has 1 unspecified atom stereocenters. The monoisotopic (exact) mass is 484 g/mol. The zero-order valence-corrected chi connectivity index (χ0v) is 20.3. The molecule has 1 atom stereocenters. The standard InChI is InChI=1S/C26H32FN3O3S/c1-28-26(21-5-3-2-4-6-21)13-11-25(12-14-26)18-29(24(31)30(25)16-19-7-8-19)23-10-9-20(15-22(23)27)17-34(32)33/h2-6,9-10,15,19,28H,7-8,11-14,16-18H2,1H3,(H,32,33)/p-1. The van der Waals surface area contributed by atoms with Crippen molar-refractivity contribution in [3.05, 3.63) is 65.5 Å². The molecule has 2 aliphatic carbocycles. The quantitative estimate of drug-likeness (QED) is 0.595. The molecule has 5 rings (SSSR count). The van der Waals surface area contributed by atoms with Gasteiger partial charge in [0.15, 0.2) is 0 Å². The molecular weight excluding hydrogens is 453 g/mol. The molecule has 2 aromatic carbocycles. The van der Waals surface area contributed by atoms with Crippen LogP contribution >= 0.6 is 0 Å². The Balaban J connectivity index is 1.42. The first kappa shape index (κ1) is 23.5. The predicted octanol–water partition coefficient (Wildman–Crippen LogP) is 4.28. The van der Waals surface area contributed by atoms with Crippen molar-refractivity contribution < 1.29 is 17.9 Å². The average Bonchev–Trinajstić information content (AvgIpc) is 3.62. The lowest BCUT2D eigenvalue weighted by Gasteiger charge is -2.48. The van der Waals surface area contributed by atoms with Gasteiger partial charge in [-0.3, -0.25) is 9.11 Å². The van der Waals surface area contributed by atoms with E-state index in [2.05, 4.69) is 29.6 Å². The lowest BCUT2D eigenvalue weighted by molar-refractivity contribution is 0.0762. The van der Waals surface area contributed by atoms with E-state index >= 15 is 4.39 Å². The Morgan fingerprint density at radius 1 is 1.12 bits per heavy atom. The van der Waals surface area contributed by atoms with E-state index in [1.807, 2.05) is 18.0 Å². The number of carbonyl (C=O) groups excluding carboxylic acids is 1. The van der Waals surface area contributed by atoms with E-state index in [1.54, 1.807) is 17.0 Å². The van der Waals surface area contributed by atoms with E-state index in [-0.39, 0.29) is 28.5 Å². The van der Waals surface area contributed by atoms with Crippen molar-refractivity contribution in [1.29, 1.82) is 0 Å². The number of rotatable bonds is 7. The van der Waals surface area contributed by atoms with Gasteiger partial charge in [-0.2, -0.15) is 0 Å². The Kier molecular flexibility index (Phi) is 6.25. The maximum absolute atomic E-state index is 15.1. The third kappa shape index (κ3) is 4.27. The van der Waals surface area contributed by atoms with Gasteiger partial charge in [0.05, 0.1) is 17.8 Å². The first-order valence-corrected chi connectivity index (χ1v) is 13.3. The minimum Gasteiger partial charge on any atom is -0.772 e. The van der Waals surface area contributed by atoms with Gasteiger partial charge < -0.3 is 14.8 Å². The molecule has 1 spiro atoms. The van der Waals surface area contributed by atoms with Gasteiger partial charge >= 0.3 is 6.03 Å². The summed E-state index contributed by atoms with van der Waals surface area (Å²) in [6, 6.07) is 14.7. The molecule has 3 aliphatic rings. The second kappa shape index (κ2) is 9.06. The first-order chi connectivity index (χ1) is 16.4. The molecule has 0 radical (unpaired) electrons. The summed E-state index contributed by atoms with van der Waals surface area (Å²) in [5, 5.41) is 3.57. The van der Waals surface area contributed by atoms with Gasteiger partial charge in [-0.05, 0) is 74.8 Å². The number of hydrogen-bond acceptors (Lipinski definition) is 4. The van der Waals surface area contributed by atoms with E-state index in [0.29, 0.717) is 18.0 Å². The van der Waals surface area contributed by atoms with Crippen LogP contribution in [0.4, 0.5) is 14.9 Å². The number of urea groups is 1.